The van der Waals surface area contributed by atoms with Crippen molar-refractivity contribution in [2.24, 2.45) is 11.6 Å². The molecule has 5 N–H and O–H groups in total. The number of benzene rings is 1. The van der Waals surface area contributed by atoms with Crippen LogP contribution in [0, 0.1) is 11.3 Å². The molecule has 0 fully saturated rings. The molecule has 1 aromatic rings. The Hall–Kier alpha value is -2.68. The van der Waals surface area contributed by atoms with Crippen molar-refractivity contribution in [3.05, 3.63) is 70.4 Å². The highest BCUT2D eigenvalue weighted by atomic mass is 35.5. The van der Waals surface area contributed by atoms with Crippen LogP contribution in [0.25, 0.3) is 5.70 Å². The van der Waals surface area contributed by atoms with Gasteiger partial charge in [0.25, 0.3) is 0 Å². The van der Waals surface area contributed by atoms with Crippen molar-refractivity contribution in [2.45, 2.75) is 12.8 Å². The van der Waals surface area contributed by atoms with Gasteiger partial charge in [0, 0.05) is 17.0 Å². The van der Waals surface area contributed by atoms with Crippen LogP contribution in [0.4, 0.5) is 0 Å². The number of nitrogens with one attached hydrogen (secondary N) is 1. The number of hydrogen-bond acceptors (Lipinski definition) is 5. The lowest BCUT2D eigenvalue weighted by molar-refractivity contribution is 0.322. The molecule has 6 heteroatoms. The van der Waals surface area contributed by atoms with Crippen LogP contribution in [0.1, 0.15) is 18.4 Å². The standard InChI is InChI=1S/C18H19ClN4O/c19-16-8-3-1-2-5-13(16)9-10-24-15-7-4-6-14(11-15)18(21)17(12-20)23-22/h2-8,11,23H,1,9-10,21-22H2/b18-17-. The number of ether oxygens (including phenoxy) is 1. The molecule has 1 aliphatic rings. The van der Waals surface area contributed by atoms with Crippen molar-refractivity contribution in [3.63, 3.8) is 0 Å². The Labute approximate surface area is 146 Å². The molecule has 0 amide bonds. The number of rotatable bonds is 6. The lowest BCUT2D eigenvalue weighted by Crippen LogP contribution is -2.23. The van der Waals surface area contributed by atoms with Gasteiger partial charge in [0.15, 0.2) is 5.70 Å². The summed E-state index contributed by atoms with van der Waals surface area (Å²) in [7, 11) is 0. The van der Waals surface area contributed by atoms with E-state index in [0.717, 1.165) is 17.0 Å². The second-order valence-corrected chi connectivity index (χ2v) is 5.49. The topological polar surface area (TPSA) is 97.1 Å². The average Bonchev–Trinajstić information content (AvgIpc) is 2.81. The highest BCUT2D eigenvalue weighted by molar-refractivity contribution is 6.31. The van der Waals surface area contributed by atoms with Gasteiger partial charge in [0.2, 0.25) is 0 Å². The van der Waals surface area contributed by atoms with Gasteiger partial charge >= 0.3 is 0 Å². The molecule has 124 valence electrons. The van der Waals surface area contributed by atoms with Crippen molar-refractivity contribution in [1.82, 2.24) is 5.43 Å². The van der Waals surface area contributed by atoms with Crippen LogP contribution < -0.4 is 21.7 Å². The quantitative estimate of drug-likeness (QED) is 0.419. The van der Waals surface area contributed by atoms with E-state index in [0.29, 0.717) is 24.3 Å². The Bertz CT molecular complexity index is 757. The Kier molecular flexibility index (Phi) is 6.50. The summed E-state index contributed by atoms with van der Waals surface area (Å²) < 4.78 is 5.77. The van der Waals surface area contributed by atoms with Crippen LogP contribution >= 0.6 is 11.6 Å². The molecule has 2 rings (SSSR count). The fraction of sp³-hybridized carbons (Fsp3) is 0.167. The predicted octanol–water partition coefficient (Wildman–Crippen LogP) is 3.08. The number of allylic oxidation sites excluding steroid dienone is 6. The van der Waals surface area contributed by atoms with Gasteiger partial charge in [-0.1, -0.05) is 42.0 Å². The van der Waals surface area contributed by atoms with Crippen molar-refractivity contribution in [1.29, 1.82) is 5.26 Å². The third-order valence-electron chi connectivity index (χ3n) is 3.47. The van der Waals surface area contributed by atoms with Gasteiger partial charge in [-0.15, -0.1) is 0 Å². The summed E-state index contributed by atoms with van der Waals surface area (Å²) in [4.78, 5) is 0. The Morgan fingerprint density at radius 3 is 2.88 bits per heavy atom. The molecule has 0 spiro atoms. The maximum absolute atomic E-state index is 8.97. The number of nitrogens with two attached hydrogens (primary N) is 2. The molecule has 0 saturated heterocycles. The van der Waals surface area contributed by atoms with Crippen LogP contribution in [0.2, 0.25) is 0 Å². The molecule has 24 heavy (non-hydrogen) atoms. The summed E-state index contributed by atoms with van der Waals surface area (Å²) in [5, 5.41) is 9.71. The van der Waals surface area contributed by atoms with E-state index in [1.807, 2.05) is 36.4 Å². The molecule has 0 radical (unpaired) electrons. The largest absolute Gasteiger partial charge is 0.493 e. The highest BCUT2D eigenvalue weighted by Crippen LogP contribution is 2.22. The first kappa shape index (κ1) is 17.7. The zero-order valence-corrected chi connectivity index (χ0v) is 13.9. The number of hydrazine groups is 1. The zero-order valence-electron chi connectivity index (χ0n) is 13.1. The third kappa shape index (κ3) is 4.66. The second kappa shape index (κ2) is 8.82. The van der Waals surface area contributed by atoms with Gasteiger partial charge in [-0.05, 0) is 30.2 Å². The van der Waals surface area contributed by atoms with Crippen molar-refractivity contribution >= 4 is 17.3 Å². The SMILES string of the molecule is N#C/C(NN)=C(/N)c1cccc(OCCC2=C(Cl)C=CCC=C2)c1. The number of halogens is 1. The molecular formula is C18H19ClN4O. The minimum atomic E-state index is 0.111. The van der Waals surface area contributed by atoms with Crippen molar-refractivity contribution < 1.29 is 4.74 Å². The van der Waals surface area contributed by atoms with Gasteiger partial charge in [-0.25, -0.2) is 5.84 Å². The predicted molar refractivity (Wildman–Crippen MR) is 96.4 cm³/mol. The van der Waals surface area contributed by atoms with E-state index in [2.05, 4.69) is 11.5 Å². The molecule has 1 aromatic carbocycles. The van der Waals surface area contributed by atoms with Crippen LogP contribution in [-0.4, -0.2) is 6.61 Å². The normalized spacial score (nSPS) is 14.7. The molecular weight excluding hydrogens is 324 g/mol. The van der Waals surface area contributed by atoms with Gasteiger partial charge in [0.05, 0.1) is 12.3 Å². The number of nitriles is 1. The molecule has 0 atom stereocenters. The van der Waals surface area contributed by atoms with E-state index >= 15 is 0 Å². The van der Waals surface area contributed by atoms with Gasteiger partial charge in [-0.3, -0.25) is 0 Å². The molecule has 0 bridgehead atoms. The molecule has 0 saturated carbocycles. The van der Waals surface area contributed by atoms with E-state index in [9.17, 15) is 0 Å². The van der Waals surface area contributed by atoms with Gasteiger partial charge in [-0.2, -0.15) is 5.26 Å². The molecule has 0 aliphatic heterocycles. The summed E-state index contributed by atoms with van der Waals surface area (Å²) in [5.74, 6) is 5.94. The second-order valence-electron chi connectivity index (χ2n) is 5.08. The summed E-state index contributed by atoms with van der Waals surface area (Å²) >= 11 is 6.22. The van der Waals surface area contributed by atoms with Crippen molar-refractivity contribution in [3.8, 4) is 11.8 Å². The lowest BCUT2D eigenvalue weighted by Gasteiger charge is -2.10. The fourth-order valence-electron chi connectivity index (χ4n) is 2.20. The summed E-state index contributed by atoms with van der Waals surface area (Å²) in [6, 6.07) is 9.10. The third-order valence-corrected chi connectivity index (χ3v) is 3.84. The monoisotopic (exact) mass is 342 g/mol. The Morgan fingerprint density at radius 1 is 1.33 bits per heavy atom. The van der Waals surface area contributed by atoms with E-state index < -0.39 is 0 Å². The maximum atomic E-state index is 8.97. The zero-order chi connectivity index (χ0) is 17.4. The number of hydrogen-bond donors (Lipinski definition) is 3. The van der Waals surface area contributed by atoms with E-state index in [1.165, 1.54) is 0 Å². The maximum Gasteiger partial charge on any atom is 0.151 e. The van der Waals surface area contributed by atoms with Crippen LogP contribution in [-0.2, 0) is 0 Å². The van der Waals surface area contributed by atoms with Crippen LogP contribution in [0.5, 0.6) is 5.75 Å². The first-order valence-electron chi connectivity index (χ1n) is 7.47. The Balaban J connectivity index is 2.04. The van der Waals surface area contributed by atoms with E-state index in [1.54, 1.807) is 12.1 Å². The number of nitrogens with zero attached hydrogens (tertiary/aromatic N) is 1. The minimum Gasteiger partial charge on any atom is -0.493 e. The van der Waals surface area contributed by atoms with Gasteiger partial charge < -0.3 is 15.9 Å². The molecule has 0 heterocycles. The fourth-order valence-corrected chi connectivity index (χ4v) is 2.44. The average molecular weight is 343 g/mol. The van der Waals surface area contributed by atoms with Gasteiger partial charge in [0.1, 0.15) is 11.8 Å². The lowest BCUT2D eigenvalue weighted by atomic mass is 10.1. The van der Waals surface area contributed by atoms with E-state index in [-0.39, 0.29) is 11.4 Å². The first-order valence-corrected chi connectivity index (χ1v) is 7.85. The minimum absolute atomic E-state index is 0.111. The summed E-state index contributed by atoms with van der Waals surface area (Å²) in [6.45, 7) is 0.483. The Morgan fingerprint density at radius 2 is 2.12 bits per heavy atom. The summed E-state index contributed by atoms with van der Waals surface area (Å²) in [5.41, 5.74) is 10.3. The highest BCUT2D eigenvalue weighted by Gasteiger charge is 2.06. The molecule has 5 nitrogen and oxygen atoms in total. The molecule has 0 unspecified atom stereocenters. The smallest absolute Gasteiger partial charge is 0.151 e. The molecule has 1 aliphatic carbocycles. The first-order chi connectivity index (χ1) is 11.7. The van der Waals surface area contributed by atoms with Crippen LogP contribution in [0.15, 0.2) is 64.9 Å². The summed E-state index contributed by atoms with van der Waals surface area (Å²) in [6.07, 6.45) is 9.59. The van der Waals surface area contributed by atoms with E-state index in [4.69, 9.17) is 33.2 Å². The molecule has 0 aromatic heterocycles. The van der Waals surface area contributed by atoms with Crippen LogP contribution in [0.3, 0.4) is 0 Å². The van der Waals surface area contributed by atoms with Crippen molar-refractivity contribution in [2.75, 3.05) is 6.61 Å².